The predicted octanol–water partition coefficient (Wildman–Crippen LogP) is 2.35. The molecule has 1 fully saturated rings. The minimum atomic E-state index is -1.23. The summed E-state index contributed by atoms with van der Waals surface area (Å²) in [7, 11) is 0. The summed E-state index contributed by atoms with van der Waals surface area (Å²) in [6, 6.07) is 0.836. The van der Waals surface area contributed by atoms with Crippen LogP contribution in [0.2, 0.25) is 0 Å². The first-order valence-corrected chi connectivity index (χ1v) is 4.93. The Kier molecular flexibility index (Phi) is 2.03. The van der Waals surface area contributed by atoms with Crippen LogP contribution in [-0.2, 0) is 0 Å². The largest absolute Gasteiger partial charge is 0.304 e. The van der Waals surface area contributed by atoms with Gasteiger partial charge >= 0.3 is 0 Å². The Morgan fingerprint density at radius 2 is 2.38 bits per heavy atom. The maximum Gasteiger partial charge on any atom is 0.144 e. The fourth-order valence-corrected chi connectivity index (χ4v) is 2.07. The molecule has 1 nitrogen and oxygen atoms in total. The molecule has 0 amide bonds. The molecule has 3 atom stereocenters. The molecule has 0 radical (unpaired) electrons. The minimum Gasteiger partial charge on any atom is -0.304 e. The number of rotatable bonds is 0. The zero-order chi connectivity index (χ0) is 9.47. The van der Waals surface area contributed by atoms with Gasteiger partial charge in [0.1, 0.15) is 5.67 Å². The number of alkyl halides is 1. The molecule has 0 aromatic carbocycles. The molecular formula is C11H16FN. The van der Waals surface area contributed by atoms with E-state index >= 15 is 0 Å². The van der Waals surface area contributed by atoms with E-state index in [0.29, 0.717) is 6.04 Å². The van der Waals surface area contributed by atoms with Gasteiger partial charge < -0.3 is 5.32 Å². The molecule has 3 unspecified atom stereocenters. The van der Waals surface area contributed by atoms with E-state index in [1.165, 1.54) is 5.57 Å². The van der Waals surface area contributed by atoms with Crippen LogP contribution in [0.3, 0.4) is 0 Å². The van der Waals surface area contributed by atoms with Gasteiger partial charge in [-0.25, -0.2) is 4.39 Å². The first-order chi connectivity index (χ1) is 6.07. The topological polar surface area (TPSA) is 12.0 Å². The van der Waals surface area contributed by atoms with Crippen LogP contribution in [0.5, 0.6) is 0 Å². The van der Waals surface area contributed by atoms with Crippen molar-refractivity contribution < 1.29 is 4.39 Å². The summed E-state index contributed by atoms with van der Waals surface area (Å²) < 4.78 is 13.5. The van der Waals surface area contributed by atoms with Crippen LogP contribution in [0.4, 0.5) is 4.39 Å². The molecule has 2 aliphatic rings. The van der Waals surface area contributed by atoms with Gasteiger partial charge in [0, 0.05) is 12.1 Å². The molecule has 0 aromatic heterocycles. The van der Waals surface area contributed by atoms with Crippen molar-refractivity contribution in [1.82, 2.24) is 5.32 Å². The molecule has 1 aliphatic heterocycles. The number of fused-ring (bicyclic) bond motifs is 1. The Bertz CT molecular complexity index is 265. The van der Waals surface area contributed by atoms with E-state index in [1.807, 2.05) is 6.08 Å². The Morgan fingerprint density at radius 1 is 1.62 bits per heavy atom. The van der Waals surface area contributed by atoms with Crippen molar-refractivity contribution in [1.29, 1.82) is 0 Å². The lowest BCUT2D eigenvalue weighted by Crippen LogP contribution is -2.43. The zero-order valence-corrected chi connectivity index (χ0v) is 8.18. The summed E-state index contributed by atoms with van der Waals surface area (Å²) in [5, 5.41) is 3.43. The van der Waals surface area contributed by atoms with Crippen molar-refractivity contribution in [2.24, 2.45) is 0 Å². The van der Waals surface area contributed by atoms with E-state index in [2.05, 4.69) is 12.2 Å². The van der Waals surface area contributed by atoms with Crippen LogP contribution in [0.25, 0.3) is 0 Å². The van der Waals surface area contributed by atoms with E-state index in [4.69, 9.17) is 0 Å². The molecule has 1 heterocycles. The van der Waals surface area contributed by atoms with Gasteiger partial charge in [0.2, 0.25) is 0 Å². The molecule has 1 aliphatic carbocycles. The third-order valence-electron chi connectivity index (χ3n) is 2.81. The summed E-state index contributed by atoms with van der Waals surface area (Å²) in [4.78, 5) is 0. The van der Waals surface area contributed by atoms with Crippen LogP contribution in [0, 0.1) is 0 Å². The van der Waals surface area contributed by atoms with Crippen LogP contribution in [-0.4, -0.2) is 17.8 Å². The van der Waals surface area contributed by atoms with E-state index in [0.717, 1.165) is 12.8 Å². The van der Waals surface area contributed by atoms with Crippen LogP contribution < -0.4 is 5.32 Å². The average molecular weight is 181 g/mol. The molecule has 0 spiro atoms. The smallest absolute Gasteiger partial charge is 0.144 e. The Balaban J connectivity index is 2.18. The molecule has 2 heteroatoms. The van der Waals surface area contributed by atoms with E-state index in [9.17, 15) is 4.39 Å². The Hall–Kier alpha value is -0.630. The van der Waals surface area contributed by atoms with E-state index in [-0.39, 0.29) is 6.04 Å². The highest BCUT2D eigenvalue weighted by atomic mass is 19.1. The van der Waals surface area contributed by atoms with Gasteiger partial charge in [0.25, 0.3) is 0 Å². The number of hydrogen-bond donors (Lipinski definition) is 1. The number of nitrogens with one attached hydrogen (secondary N) is 1. The van der Waals surface area contributed by atoms with Crippen molar-refractivity contribution in [3.05, 3.63) is 23.8 Å². The summed E-state index contributed by atoms with van der Waals surface area (Å²) in [6.07, 6.45) is 7.50. The monoisotopic (exact) mass is 181 g/mol. The average Bonchev–Trinajstić information content (AvgIpc) is 2.05. The van der Waals surface area contributed by atoms with Gasteiger partial charge in [-0.05, 0) is 44.4 Å². The number of halogens is 1. The van der Waals surface area contributed by atoms with Gasteiger partial charge in [-0.3, -0.25) is 0 Å². The Labute approximate surface area is 78.7 Å². The first-order valence-electron chi connectivity index (χ1n) is 4.93. The molecule has 0 saturated carbocycles. The highest BCUT2D eigenvalue weighted by Gasteiger charge is 2.28. The molecule has 13 heavy (non-hydrogen) atoms. The van der Waals surface area contributed by atoms with Crippen molar-refractivity contribution in [3.63, 3.8) is 0 Å². The quantitative estimate of drug-likeness (QED) is 0.566. The zero-order valence-electron chi connectivity index (χ0n) is 8.18. The van der Waals surface area contributed by atoms with Crippen molar-refractivity contribution in [3.8, 4) is 0 Å². The third kappa shape index (κ3) is 1.83. The van der Waals surface area contributed by atoms with Gasteiger partial charge in [0.15, 0.2) is 0 Å². The fraction of sp³-hybridized carbons (Fsp3) is 0.636. The second-order valence-corrected chi connectivity index (χ2v) is 4.31. The summed E-state index contributed by atoms with van der Waals surface area (Å²) in [6.45, 7) is 3.78. The molecular weight excluding hydrogens is 165 g/mol. The molecule has 1 N–H and O–H groups in total. The predicted molar refractivity (Wildman–Crippen MR) is 52.4 cm³/mol. The fourth-order valence-electron chi connectivity index (χ4n) is 2.07. The third-order valence-corrected chi connectivity index (χ3v) is 2.81. The normalized spacial score (nSPS) is 44.1. The van der Waals surface area contributed by atoms with Gasteiger partial charge in [0.05, 0.1) is 0 Å². The molecule has 72 valence electrons. The number of allylic oxidation sites excluding steroid dienone is 2. The minimum absolute atomic E-state index is 0.285. The van der Waals surface area contributed by atoms with Gasteiger partial charge in [-0.15, -0.1) is 0 Å². The Morgan fingerprint density at radius 3 is 3.15 bits per heavy atom. The summed E-state index contributed by atoms with van der Waals surface area (Å²) >= 11 is 0. The van der Waals surface area contributed by atoms with Crippen LogP contribution in [0.1, 0.15) is 26.7 Å². The number of hydrogen-bond acceptors (Lipinski definition) is 1. The SMILES string of the molecule is CC1CCC2=CC(C)(F)C=CC2N1. The van der Waals surface area contributed by atoms with Crippen LogP contribution >= 0.6 is 0 Å². The maximum absolute atomic E-state index is 13.5. The lowest BCUT2D eigenvalue weighted by molar-refractivity contribution is 0.311. The van der Waals surface area contributed by atoms with Gasteiger partial charge in [-0.1, -0.05) is 6.08 Å². The molecule has 2 rings (SSSR count). The van der Waals surface area contributed by atoms with E-state index in [1.54, 1.807) is 19.1 Å². The van der Waals surface area contributed by atoms with Crippen molar-refractivity contribution in [2.75, 3.05) is 0 Å². The summed E-state index contributed by atoms with van der Waals surface area (Å²) in [5.74, 6) is 0. The molecule has 0 aromatic rings. The second-order valence-electron chi connectivity index (χ2n) is 4.31. The summed E-state index contributed by atoms with van der Waals surface area (Å²) in [5.41, 5.74) is -0.0146. The number of piperidine rings is 1. The van der Waals surface area contributed by atoms with E-state index < -0.39 is 5.67 Å². The van der Waals surface area contributed by atoms with Crippen LogP contribution in [0.15, 0.2) is 23.8 Å². The lowest BCUT2D eigenvalue weighted by atomic mass is 9.86. The lowest BCUT2D eigenvalue weighted by Gasteiger charge is -2.33. The van der Waals surface area contributed by atoms with Crippen molar-refractivity contribution >= 4 is 0 Å². The van der Waals surface area contributed by atoms with Crippen molar-refractivity contribution in [2.45, 2.75) is 44.4 Å². The molecule has 1 saturated heterocycles. The second kappa shape index (κ2) is 2.95. The molecule has 0 bridgehead atoms. The first kappa shape index (κ1) is 8.95. The standard InChI is InChI=1S/C11H16FN/c1-8-3-4-9-7-11(2,12)6-5-10(9)13-8/h5-8,10,13H,3-4H2,1-2H3. The highest BCUT2D eigenvalue weighted by molar-refractivity contribution is 5.33. The van der Waals surface area contributed by atoms with Gasteiger partial charge in [-0.2, -0.15) is 0 Å². The highest BCUT2D eigenvalue weighted by Crippen LogP contribution is 2.29. The maximum atomic E-state index is 13.5.